The van der Waals surface area contributed by atoms with Crippen molar-refractivity contribution in [3.8, 4) is 22.9 Å². The minimum Gasteiger partial charge on any atom is -0.364 e. The van der Waals surface area contributed by atoms with E-state index in [-0.39, 0.29) is 29.2 Å². The van der Waals surface area contributed by atoms with E-state index in [0.29, 0.717) is 6.20 Å². The number of benzene rings is 1. The normalized spacial score (nSPS) is 13.0. The third-order valence-corrected chi connectivity index (χ3v) is 6.12. The Morgan fingerprint density at radius 3 is 2.30 bits per heavy atom. The molecular formula is C22H17F8N6O6P. The standard InChI is InChI=1S/C22H17F8N6O6P/c23-13-4-2-1-3-12(13)9-36-17(15-5-6-41-35-15)7-16(34-36)19-31-8-14(24)18(33-19)32-10-20(21(25,26)27,22(28,29)30)40-11-42-43(37,38)39/h1-8H,9-11H2,(H,31,32,33)(H2,37,38,39). The third-order valence-electron chi connectivity index (χ3n) is 5.68. The molecule has 3 N–H and O–H groups in total. The molecule has 0 amide bonds. The van der Waals surface area contributed by atoms with E-state index in [0.717, 1.165) is 0 Å². The van der Waals surface area contributed by atoms with Crippen molar-refractivity contribution in [3.05, 3.63) is 66.1 Å². The fourth-order valence-corrected chi connectivity index (χ4v) is 3.77. The Kier molecular flexibility index (Phi) is 8.89. The predicted octanol–water partition coefficient (Wildman–Crippen LogP) is 4.68. The molecule has 3 heterocycles. The summed E-state index contributed by atoms with van der Waals surface area (Å²) in [5.74, 6) is -3.68. The van der Waals surface area contributed by atoms with Gasteiger partial charge in [-0.2, -0.15) is 31.4 Å². The molecule has 12 nitrogen and oxygen atoms in total. The van der Waals surface area contributed by atoms with Gasteiger partial charge in [-0.3, -0.25) is 9.21 Å². The molecule has 0 radical (unpaired) electrons. The molecule has 3 aromatic heterocycles. The number of nitrogens with zero attached hydrogens (tertiary/aromatic N) is 5. The first-order chi connectivity index (χ1) is 20.0. The lowest BCUT2D eigenvalue weighted by atomic mass is 10.0. The lowest BCUT2D eigenvalue weighted by molar-refractivity contribution is -0.384. The van der Waals surface area contributed by atoms with Crippen molar-refractivity contribution in [2.45, 2.75) is 24.5 Å². The molecule has 21 heteroatoms. The largest absolute Gasteiger partial charge is 0.471 e. The summed E-state index contributed by atoms with van der Waals surface area (Å²) in [6, 6.07) is 8.37. The average Bonchev–Trinajstić information content (AvgIpc) is 3.56. The van der Waals surface area contributed by atoms with Crippen molar-refractivity contribution in [3.63, 3.8) is 0 Å². The number of aromatic nitrogens is 5. The van der Waals surface area contributed by atoms with E-state index in [4.69, 9.17) is 14.3 Å². The number of nitrogens with one attached hydrogen (secondary N) is 1. The van der Waals surface area contributed by atoms with E-state index in [2.05, 4.69) is 29.5 Å². The Balaban J connectivity index is 1.68. The van der Waals surface area contributed by atoms with Gasteiger partial charge < -0.3 is 24.4 Å². The molecule has 0 fully saturated rings. The molecule has 4 rings (SSSR count). The van der Waals surface area contributed by atoms with Crippen LogP contribution in [0.3, 0.4) is 0 Å². The maximum absolute atomic E-state index is 14.5. The molecular weight excluding hydrogens is 627 g/mol. The summed E-state index contributed by atoms with van der Waals surface area (Å²) in [6.45, 7) is -4.56. The van der Waals surface area contributed by atoms with Crippen molar-refractivity contribution in [1.82, 2.24) is 24.9 Å². The van der Waals surface area contributed by atoms with Crippen LogP contribution in [-0.4, -0.2) is 66.0 Å². The maximum Gasteiger partial charge on any atom is 0.471 e. The van der Waals surface area contributed by atoms with Crippen LogP contribution in [0.15, 0.2) is 53.4 Å². The van der Waals surface area contributed by atoms with E-state index in [9.17, 15) is 39.7 Å². The molecule has 232 valence electrons. The van der Waals surface area contributed by atoms with Gasteiger partial charge in [0.1, 0.15) is 23.5 Å². The smallest absolute Gasteiger partial charge is 0.364 e. The zero-order valence-corrected chi connectivity index (χ0v) is 21.9. The highest BCUT2D eigenvalue weighted by Crippen LogP contribution is 2.47. The number of phosphoric acid groups is 1. The van der Waals surface area contributed by atoms with Crippen LogP contribution >= 0.6 is 7.82 Å². The number of phosphoric ester groups is 1. The van der Waals surface area contributed by atoms with Gasteiger partial charge in [0.2, 0.25) is 0 Å². The van der Waals surface area contributed by atoms with Crippen LogP contribution in [0.5, 0.6) is 0 Å². The van der Waals surface area contributed by atoms with Gasteiger partial charge in [-0.25, -0.2) is 23.3 Å². The molecule has 1 aromatic carbocycles. The Morgan fingerprint density at radius 1 is 1.00 bits per heavy atom. The summed E-state index contributed by atoms with van der Waals surface area (Å²) in [4.78, 5) is 24.6. The van der Waals surface area contributed by atoms with Crippen LogP contribution in [0.2, 0.25) is 0 Å². The molecule has 4 aromatic rings. The highest BCUT2D eigenvalue weighted by atomic mass is 31.2. The van der Waals surface area contributed by atoms with Crippen molar-refractivity contribution in [2.75, 3.05) is 18.7 Å². The molecule has 43 heavy (non-hydrogen) atoms. The molecule has 0 bridgehead atoms. The number of anilines is 1. The Morgan fingerprint density at radius 2 is 1.70 bits per heavy atom. The van der Waals surface area contributed by atoms with Crippen molar-refractivity contribution < 1.29 is 63.3 Å². The minimum atomic E-state index is -6.25. The van der Waals surface area contributed by atoms with Crippen molar-refractivity contribution in [1.29, 1.82) is 0 Å². The third kappa shape index (κ3) is 7.16. The zero-order valence-electron chi connectivity index (χ0n) is 21.0. The number of hydrogen-bond acceptors (Lipinski definition) is 9. The van der Waals surface area contributed by atoms with Crippen molar-refractivity contribution in [2.24, 2.45) is 0 Å². The van der Waals surface area contributed by atoms with Crippen LogP contribution in [0.1, 0.15) is 5.56 Å². The van der Waals surface area contributed by atoms with Crippen LogP contribution in [0.4, 0.5) is 40.9 Å². The van der Waals surface area contributed by atoms with Crippen LogP contribution in [-0.2, 0) is 20.4 Å². The van der Waals surface area contributed by atoms with Gasteiger partial charge in [-0.15, -0.1) is 0 Å². The quantitative estimate of drug-likeness (QED) is 0.118. The number of alkyl halides is 6. The lowest BCUT2D eigenvalue weighted by Gasteiger charge is -2.36. The second-order valence-corrected chi connectivity index (χ2v) is 9.74. The molecule has 0 atom stereocenters. The molecule has 0 saturated carbocycles. The molecule has 0 aliphatic heterocycles. The molecule has 0 unspecified atom stereocenters. The molecule has 0 spiro atoms. The maximum atomic E-state index is 14.5. The predicted molar refractivity (Wildman–Crippen MR) is 127 cm³/mol. The first kappa shape index (κ1) is 32.0. The van der Waals surface area contributed by atoms with Gasteiger partial charge in [0.15, 0.2) is 24.3 Å². The van der Waals surface area contributed by atoms with E-state index in [1.54, 1.807) is 11.4 Å². The second-order valence-electron chi connectivity index (χ2n) is 8.50. The van der Waals surface area contributed by atoms with Gasteiger partial charge in [-0.1, -0.05) is 23.4 Å². The summed E-state index contributed by atoms with van der Waals surface area (Å²) in [7, 11) is -5.53. The van der Waals surface area contributed by atoms with Gasteiger partial charge in [-0.05, 0) is 12.1 Å². The fraction of sp³-hybridized carbons (Fsp3) is 0.273. The monoisotopic (exact) mass is 644 g/mol. The van der Waals surface area contributed by atoms with E-state index in [1.807, 2.05) is 0 Å². The molecule has 0 saturated heterocycles. The van der Waals surface area contributed by atoms with E-state index < -0.39 is 62.4 Å². The molecule has 0 aliphatic rings. The number of halogens is 8. The minimum absolute atomic E-state index is 0.165. The highest BCUT2D eigenvalue weighted by molar-refractivity contribution is 7.46. The summed E-state index contributed by atoms with van der Waals surface area (Å²) in [6.07, 6.45) is -10.8. The number of ether oxygens (including phenoxy) is 1. The Labute approximate surface area is 234 Å². The second kappa shape index (κ2) is 12.0. The number of rotatable bonds is 11. The summed E-state index contributed by atoms with van der Waals surface area (Å²) >= 11 is 0. The van der Waals surface area contributed by atoms with Crippen LogP contribution in [0.25, 0.3) is 22.9 Å². The van der Waals surface area contributed by atoms with Gasteiger partial charge >= 0.3 is 20.2 Å². The van der Waals surface area contributed by atoms with Crippen LogP contribution < -0.4 is 5.32 Å². The average molecular weight is 644 g/mol. The Hall–Kier alpha value is -3.97. The Bertz CT molecular complexity index is 1590. The SMILES string of the molecule is O=P(O)(O)OCOC(CNc1nc(-c2cc(-c3ccon3)n(Cc3ccccc3F)n2)ncc1F)(C(F)(F)F)C(F)(F)F. The first-order valence-corrected chi connectivity index (χ1v) is 13.0. The fourth-order valence-electron chi connectivity index (χ4n) is 3.58. The number of hydrogen-bond donors (Lipinski definition) is 3. The zero-order chi connectivity index (χ0) is 31.6. The van der Waals surface area contributed by atoms with Crippen LogP contribution in [0, 0.1) is 11.6 Å². The summed E-state index contributed by atoms with van der Waals surface area (Å²) in [5, 5.41) is 9.54. The highest BCUT2D eigenvalue weighted by Gasteiger charge is 2.72. The van der Waals surface area contributed by atoms with Gasteiger partial charge in [0, 0.05) is 11.6 Å². The summed E-state index contributed by atoms with van der Waals surface area (Å²) in [5.41, 5.74) is -4.70. The summed E-state index contributed by atoms with van der Waals surface area (Å²) < 4.78 is 135. The van der Waals surface area contributed by atoms with Gasteiger partial charge in [0.05, 0.1) is 25.0 Å². The van der Waals surface area contributed by atoms with Crippen molar-refractivity contribution >= 4 is 13.6 Å². The molecule has 0 aliphatic carbocycles. The lowest BCUT2D eigenvalue weighted by Crippen LogP contribution is -2.63. The van der Waals surface area contributed by atoms with E-state index >= 15 is 0 Å². The first-order valence-electron chi connectivity index (χ1n) is 11.5. The van der Waals surface area contributed by atoms with Gasteiger partial charge in [0.25, 0.3) is 5.60 Å². The topological polar surface area (TPSA) is 158 Å². The van der Waals surface area contributed by atoms with E-state index in [1.165, 1.54) is 41.3 Å².